The Balaban J connectivity index is 1.84. The Bertz CT molecular complexity index is 668. The molecule has 0 amide bonds. The molecule has 0 radical (unpaired) electrons. The zero-order valence-corrected chi connectivity index (χ0v) is 10.4. The summed E-state index contributed by atoms with van der Waals surface area (Å²) in [5.41, 5.74) is 1.16. The van der Waals surface area contributed by atoms with E-state index in [1.165, 1.54) is 4.63 Å². The van der Waals surface area contributed by atoms with Crippen LogP contribution in [0.15, 0.2) is 0 Å². The minimum Gasteiger partial charge on any atom is -0.381 e. The largest absolute Gasteiger partial charge is 0.381 e. The van der Waals surface area contributed by atoms with Crippen LogP contribution in [0, 0.1) is 5.92 Å². The summed E-state index contributed by atoms with van der Waals surface area (Å²) in [5, 5.41) is 15.2. The molecular weight excluding hydrogens is 248 g/mol. The van der Waals surface area contributed by atoms with Crippen LogP contribution >= 0.6 is 0 Å². The highest BCUT2D eigenvalue weighted by atomic mass is 16.5. The number of Topliss-reactive ketones (excluding diaryl/α,β-unsaturated/α-hetero) is 1. The van der Waals surface area contributed by atoms with E-state index in [1.807, 2.05) is 0 Å². The number of nitrogens with zero attached hydrogens (tertiary/aromatic N) is 6. The van der Waals surface area contributed by atoms with Gasteiger partial charge in [-0.2, -0.15) is 0 Å². The number of hydrogen-bond donors (Lipinski definition) is 0. The van der Waals surface area contributed by atoms with Crippen LogP contribution in [0.5, 0.6) is 0 Å². The van der Waals surface area contributed by atoms with Gasteiger partial charge in [0.15, 0.2) is 11.5 Å². The lowest BCUT2D eigenvalue weighted by atomic mass is 9.79. The maximum atomic E-state index is 12.4. The van der Waals surface area contributed by atoms with Crippen molar-refractivity contribution in [2.75, 3.05) is 7.11 Å². The van der Waals surface area contributed by atoms with Crippen LogP contribution < -0.4 is 0 Å². The average molecular weight is 260 g/mol. The molecule has 0 aromatic carbocycles. The first-order valence-electron chi connectivity index (χ1n) is 6.31. The molecule has 0 aliphatic heterocycles. The summed E-state index contributed by atoms with van der Waals surface area (Å²) >= 11 is 0. The number of tetrazole rings is 1. The van der Waals surface area contributed by atoms with Gasteiger partial charge in [-0.25, -0.2) is 4.98 Å². The van der Waals surface area contributed by atoms with Crippen molar-refractivity contribution < 1.29 is 9.53 Å². The number of methoxy groups -OCH3 is 1. The molecule has 2 aromatic heterocycles. The fourth-order valence-corrected chi connectivity index (χ4v) is 3.19. The molecule has 4 rings (SSSR count). The van der Waals surface area contributed by atoms with E-state index in [1.54, 1.807) is 7.11 Å². The van der Waals surface area contributed by atoms with E-state index in [4.69, 9.17) is 4.74 Å². The van der Waals surface area contributed by atoms with Crippen LogP contribution in [-0.4, -0.2) is 49.2 Å². The maximum absolute atomic E-state index is 12.4. The third-order valence-electron chi connectivity index (χ3n) is 4.15. The van der Waals surface area contributed by atoms with Crippen molar-refractivity contribution in [2.24, 2.45) is 5.92 Å². The van der Waals surface area contributed by atoms with Gasteiger partial charge in [0.1, 0.15) is 0 Å². The van der Waals surface area contributed by atoms with Crippen molar-refractivity contribution in [1.29, 1.82) is 0 Å². The highest BCUT2D eigenvalue weighted by Gasteiger charge is 2.46. The summed E-state index contributed by atoms with van der Waals surface area (Å²) in [6, 6.07) is 0. The molecule has 3 atom stereocenters. The summed E-state index contributed by atoms with van der Waals surface area (Å²) in [7, 11) is 1.71. The van der Waals surface area contributed by atoms with Crippen molar-refractivity contribution in [3.05, 3.63) is 11.4 Å². The summed E-state index contributed by atoms with van der Waals surface area (Å²) in [6.45, 7) is 0. The van der Waals surface area contributed by atoms with E-state index in [0.717, 1.165) is 25.0 Å². The second-order valence-electron chi connectivity index (χ2n) is 5.06. The number of carbonyl (C=O) groups excluding carboxylic acids is 1. The van der Waals surface area contributed by atoms with Gasteiger partial charge in [-0.3, -0.25) is 4.79 Å². The molecule has 2 heterocycles. The normalized spacial score (nSPS) is 29.5. The molecule has 2 aromatic rings. The second kappa shape index (κ2) is 3.77. The Hall–Kier alpha value is -1.96. The Morgan fingerprint density at radius 3 is 3.05 bits per heavy atom. The van der Waals surface area contributed by atoms with Crippen LogP contribution in [0.1, 0.15) is 41.4 Å². The SMILES string of the molecule is COC1CCC2C(=O)c3nn4nnnc4nc3C2C1. The van der Waals surface area contributed by atoms with Crippen LogP contribution in [0.2, 0.25) is 0 Å². The molecular formula is C11H12N6O2. The lowest BCUT2D eigenvalue weighted by Crippen LogP contribution is -2.27. The number of ketones is 1. The molecule has 8 heteroatoms. The van der Waals surface area contributed by atoms with Crippen molar-refractivity contribution in [3.8, 4) is 0 Å². The molecule has 1 fully saturated rings. The summed E-state index contributed by atoms with van der Waals surface area (Å²) < 4.78 is 6.63. The minimum atomic E-state index is -0.0125. The molecule has 1 saturated carbocycles. The Morgan fingerprint density at radius 1 is 1.32 bits per heavy atom. The van der Waals surface area contributed by atoms with Gasteiger partial charge in [0, 0.05) is 18.9 Å². The fraction of sp³-hybridized carbons (Fsp3) is 0.636. The van der Waals surface area contributed by atoms with E-state index in [0.29, 0.717) is 11.5 Å². The van der Waals surface area contributed by atoms with Crippen molar-refractivity contribution in [1.82, 2.24) is 30.2 Å². The highest BCUT2D eigenvalue weighted by Crippen LogP contribution is 2.45. The second-order valence-corrected chi connectivity index (χ2v) is 5.06. The van der Waals surface area contributed by atoms with Crippen molar-refractivity contribution in [2.45, 2.75) is 31.3 Å². The van der Waals surface area contributed by atoms with Crippen LogP contribution in [0.3, 0.4) is 0 Å². The van der Waals surface area contributed by atoms with Gasteiger partial charge in [0.05, 0.1) is 11.8 Å². The number of carbonyl (C=O) groups is 1. The van der Waals surface area contributed by atoms with E-state index in [-0.39, 0.29) is 23.7 Å². The molecule has 8 nitrogen and oxygen atoms in total. The summed E-state index contributed by atoms with van der Waals surface area (Å²) in [4.78, 5) is 16.8. The molecule has 98 valence electrons. The molecule has 0 bridgehead atoms. The van der Waals surface area contributed by atoms with Gasteiger partial charge in [-0.1, -0.05) is 9.73 Å². The van der Waals surface area contributed by atoms with Crippen LogP contribution in [0.4, 0.5) is 0 Å². The molecule has 0 saturated heterocycles. The molecule has 2 aliphatic carbocycles. The van der Waals surface area contributed by atoms with Crippen molar-refractivity contribution in [3.63, 3.8) is 0 Å². The molecule has 19 heavy (non-hydrogen) atoms. The topological polar surface area (TPSA) is 95.2 Å². The molecule has 3 unspecified atom stereocenters. The maximum Gasteiger partial charge on any atom is 0.291 e. The lowest BCUT2D eigenvalue weighted by Gasteiger charge is -2.29. The van der Waals surface area contributed by atoms with E-state index in [2.05, 4.69) is 25.6 Å². The molecule has 2 aliphatic rings. The number of aromatic nitrogens is 6. The third kappa shape index (κ3) is 1.43. The fourth-order valence-electron chi connectivity index (χ4n) is 3.19. The van der Waals surface area contributed by atoms with E-state index < -0.39 is 0 Å². The average Bonchev–Trinajstić information content (AvgIpc) is 3.00. The first-order chi connectivity index (χ1) is 9.28. The van der Waals surface area contributed by atoms with Gasteiger partial charge < -0.3 is 4.74 Å². The Labute approximate surface area is 108 Å². The van der Waals surface area contributed by atoms with Crippen LogP contribution in [-0.2, 0) is 4.74 Å². The van der Waals surface area contributed by atoms with E-state index >= 15 is 0 Å². The first kappa shape index (κ1) is 10.9. The number of fused-ring (bicyclic) bond motifs is 4. The van der Waals surface area contributed by atoms with Gasteiger partial charge in [-0.15, -0.1) is 5.10 Å². The van der Waals surface area contributed by atoms with Gasteiger partial charge in [0.2, 0.25) is 0 Å². The van der Waals surface area contributed by atoms with Gasteiger partial charge in [-0.05, 0) is 29.7 Å². The smallest absolute Gasteiger partial charge is 0.291 e. The Kier molecular flexibility index (Phi) is 2.16. The number of rotatable bonds is 1. The monoisotopic (exact) mass is 260 g/mol. The Morgan fingerprint density at radius 2 is 2.21 bits per heavy atom. The first-order valence-corrected chi connectivity index (χ1v) is 6.31. The standard InChI is InChI=1S/C11H12N6O2/c1-19-5-2-3-6-7(4-5)8-9(10(6)18)14-17-11(12-8)13-15-16-17/h5-7H,2-4H2,1H3. The molecule has 0 spiro atoms. The predicted molar refractivity (Wildman–Crippen MR) is 61.6 cm³/mol. The van der Waals surface area contributed by atoms with Crippen molar-refractivity contribution >= 4 is 11.6 Å². The molecule has 0 N–H and O–H groups in total. The summed E-state index contributed by atoms with van der Waals surface area (Å²) in [5.74, 6) is 0.489. The third-order valence-corrected chi connectivity index (χ3v) is 4.15. The predicted octanol–water partition coefficient (Wildman–Crippen LogP) is 0.00930. The quantitative estimate of drug-likeness (QED) is 0.712. The van der Waals surface area contributed by atoms with Gasteiger partial charge in [0.25, 0.3) is 5.78 Å². The van der Waals surface area contributed by atoms with E-state index in [9.17, 15) is 4.79 Å². The number of hydrogen-bond acceptors (Lipinski definition) is 7. The minimum absolute atomic E-state index is 0.0125. The zero-order chi connectivity index (χ0) is 13.0. The highest BCUT2D eigenvalue weighted by molar-refractivity contribution is 6.01. The lowest BCUT2D eigenvalue weighted by molar-refractivity contribution is 0.0463. The zero-order valence-electron chi connectivity index (χ0n) is 10.4. The van der Waals surface area contributed by atoms with Crippen LogP contribution in [0.25, 0.3) is 5.78 Å². The number of ether oxygens (including phenoxy) is 1. The summed E-state index contributed by atoms with van der Waals surface area (Å²) in [6.07, 6.45) is 2.74. The van der Waals surface area contributed by atoms with Gasteiger partial charge >= 0.3 is 0 Å².